The van der Waals surface area contributed by atoms with Gasteiger partial charge in [0.25, 0.3) is 0 Å². The zero-order chi connectivity index (χ0) is 23.5. The number of likely N-dealkylation sites (tertiary alicyclic amines) is 1. The SMILES string of the molecule is CCCCC(c1cccc2c1CC(Cc1ncc(C(=N)N)[nH]1)C(=O)N2)N1C(C)CCCC1C. The highest BCUT2D eigenvalue weighted by Crippen LogP contribution is 2.40. The second kappa shape index (κ2) is 10.1. The van der Waals surface area contributed by atoms with Gasteiger partial charge < -0.3 is 16.0 Å². The van der Waals surface area contributed by atoms with Gasteiger partial charge in [-0.3, -0.25) is 15.1 Å². The van der Waals surface area contributed by atoms with E-state index in [0.717, 1.165) is 12.1 Å². The molecule has 7 heteroatoms. The van der Waals surface area contributed by atoms with Crippen molar-refractivity contribution in [2.75, 3.05) is 5.32 Å². The minimum absolute atomic E-state index is 0.0326. The van der Waals surface area contributed by atoms with Crippen molar-refractivity contribution in [1.82, 2.24) is 14.9 Å². The van der Waals surface area contributed by atoms with Crippen molar-refractivity contribution in [3.8, 4) is 0 Å². The second-order valence-corrected chi connectivity index (χ2v) is 9.86. The summed E-state index contributed by atoms with van der Waals surface area (Å²) in [4.78, 5) is 23.1. The molecule has 0 radical (unpaired) electrons. The molecule has 3 heterocycles. The first-order valence-corrected chi connectivity index (χ1v) is 12.5. The van der Waals surface area contributed by atoms with Gasteiger partial charge in [0.15, 0.2) is 0 Å². The Balaban J connectivity index is 1.64. The first-order chi connectivity index (χ1) is 15.9. The van der Waals surface area contributed by atoms with Crippen LogP contribution in [0.1, 0.15) is 88.0 Å². The molecule has 1 fully saturated rings. The molecule has 0 bridgehead atoms. The van der Waals surface area contributed by atoms with Crippen molar-refractivity contribution in [3.05, 3.63) is 47.0 Å². The summed E-state index contributed by atoms with van der Waals surface area (Å²) >= 11 is 0. The van der Waals surface area contributed by atoms with Gasteiger partial charge in [-0.15, -0.1) is 0 Å². The Labute approximate surface area is 197 Å². The molecule has 1 aromatic heterocycles. The van der Waals surface area contributed by atoms with E-state index in [2.05, 4.69) is 53.1 Å². The van der Waals surface area contributed by atoms with Gasteiger partial charge in [0.2, 0.25) is 5.91 Å². The fourth-order valence-electron chi connectivity index (χ4n) is 5.76. The standard InChI is InChI=1S/C26H38N6O/c1-4-5-12-23(32-16(2)8-6-9-17(32)3)19-10-7-11-21-20(19)13-18(26(33)31-21)14-24-29-15-22(30-24)25(27)28/h7,10-11,15-18,23H,4-6,8-9,12-14H2,1-3H3,(H3,27,28)(H,29,30)(H,31,33). The highest BCUT2D eigenvalue weighted by Gasteiger charge is 2.35. The van der Waals surface area contributed by atoms with Gasteiger partial charge in [0.1, 0.15) is 17.4 Å². The average Bonchev–Trinajstić information content (AvgIpc) is 3.25. The van der Waals surface area contributed by atoms with Gasteiger partial charge in [0.05, 0.1) is 6.20 Å². The molecule has 4 rings (SSSR count). The van der Waals surface area contributed by atoms with Gasteiger partial charge in [-0.1, -0.05) is 38.3 Å². The third kappa shape index (κ3) is 4.98. The lowest BCUT2D eigenvalue weighted by molar-refractivity contribution is -0.120. The zero-order valence-corrected chi connectivity index (χ0v) is 20.2. The number of amidine groups is 1. The van der Waals surface area contributed by atoms with E-state index in [1.807, 2.05) is 6.07 Å². The van der Waals surface area contributed by atoms with E-state index in [1.54, 1.807) is 6.20 Å². The summed E-state index contributed by atoms with van der Waals surface area (Å²) in [7, 11) is 0. The number of amides is 1. The van der Waals surface area contributed by atoms with E-state index >= 15 is 0 Å². The number of anilines is 1. The summed E-state index contributed by atoms with van der Waals surface area (Å²) in [5.41, 5.74) is 9.66. The van der Waals surface area contributed by atoms with Crippen LogP contribution in [-0.4, -0.2) is 38.7 Å². The maximum Gasteiger partial charge on any atom is 0.228 e. The van der Waals surface area contributed by atoms with E-state index in [0.29, 0.717) is 42.5 Å². The quantitative estimate of drug-likeness (QED) is 0.349. The molecule has 178 valence electrons. The maximum absolute atomic E-state index is 12.9. The minimum atomic E-state index is -0.201. The number of unbranched alkanes of at least 4 members (excludes halogenated alkanes) is 1. The molecule has 5 N–H and O–H groups in total. The van der Waals surface area contributed by atoms with E-state index < -0.39 is 0 Å². The van der Waals surface area contributed by atoms with Crippen LogP contribution in [0.15, 0.2) is 24.4 Å². The third-order valence-electron chi connectivity index (χ3n) is 7.46. The molecular weight excluding hydrogens is 412 g/mol. The zero-order valence-electron chi connectivity index (χ0n) is 20.2. The number of hydrogen-bond donors (Lipinski definition) is 4. The summed E-state index contributed by atoms with van der Waals surface area (Å²) < 4.78 is 0. The van der Waals surface area contributed by atoms with E-state index in [-0.39, 0.29) is 17.7 Å². The fraction of sp³-hybridized carbons (Fsp3) is 0.577. The number of rotatable bonds is 8. The lowest BCUT2D eigenvalue weighted by Gasteiger charge is -2.45. The smallest absolute Gasteiger partial charge is 0.228 e. The van der Waals surface area contributed by atoms with Crippen LogP contribution < -0.4 is 11.1 Å². The van der Waals surface area contributed by atoms with Gasteiger partial charge in [-0.2, -0.15) is 0 Å². The molecule has 33 heavy (non-hydrogen) atoms. The predicted molar refractivity (Wildman–Crippen MR) is 132 cm³/mol. The van der Waals surface area contributed by atoms with Crippen molar-refractivity contribution in [2.45, 2.75) is 90.3 Å². The Morgan fingerprint density at radius 2 is 2.06 bits per heavy atom. The summed E-state index contributed by atoms with van der Waals surface area (Å²) in [5.74, 6) is 0.484. The lowest BCUT2D eigenvalue weighted by Crippen LogP contribution is -2.46. The topological polar surface area (TPSA) is 111 Å². The molecule has 2 aliphatic rings. The molecule has 0 saturated carbocycles. The highest BCUT2D eigenvalue weighted by molar-refractivity contribution is 5.96. The van der Waals surface area contributed by atoms with Crippen LogP contribution in [0.25, 0.3) is 0 Å². The van der Waals surface area contributed by atoms with Crippen LogP contribution in [0.3, 0.4) is 0 Å². The average molecular weight is 451 g/mol. The molecule has 4 atom stereocenters. The van der Waals surface area contributed by atoms with E-state index in [9.17, 15) is 4.79 Å². The number of imidazole rings is 1. The van der Waals surface area contributed by atoms with Crippen LogP contribution in [0.5, 0.6) is 0 Å². The lowest BCUT2D eigenvalue weighted by atomic mass is 9.83. The number of benzene rings is 1. The van der Waals surface area contributed by atoms with Crippen molar-refractivity contribution in [1.29, 1.82) is 5.41 Å². The number of hydrogen-bond acceptors (Lipinski definition) is 4. The number of piperidine rings is 1. The van der Waals surface area contributed by atoms with Crippen molar-refractivity contribution >= 4 is 17.4 Å². The molecule has 2 aliphatic heterocycles. The number of nitrogens with one attached hydrogen (secondary N) is 3. The monoisotopic (exact) mass is 450 g/mol. The number of nitrogen functional groups attached to an aromatic ring is 1. The Morgan fingerprint density at radius 3 is 2.73 bits per heavy atom. The van der Waals surface area contributed by atoms with Crippen LogP contribution in [-0.2, 0) is 17.6 Å². The van der Waals surface area contributed by atoms with Crippen LogP contribution in [0.4, 0.5) is 5.69 Å². The minimum Gasteiger partial charge on any atom is -0.382 e. The number of nitrogens with zero attached hydrogens (tertiary/aromatic N) is 2. The van der Waals surface area contributed by atoms with Crippen LogP contribution >= 0.6 is 0 Å². The van der Waals surface area contributed by atoms with Gasteiger partial charge >= 0.3 is 0 Å². The number of aromatic amines is 1. The molecule has 1 saturated heterocycles. The first kappa shape index (κ1) is 23.5. The van der Waals surface area contributed by atoms with Gasteiger partial charge in [-0.05, 0) is 56.7 Å². The van der Waals surface area contributed by atoms with Crippen molar-refractivity contribution < 1.29 is 4.79 Å². The molecular formula is C26H38N6O. The number of carbonyl (C=O) groups is 1. The Kier molecular flexibility index (Phi) is 7.17. The summed E-state index contributed by atoms with van der Waals surface area (Å²) in [6.45, 7) is 7.01. The Hall–Kier alpha value is -2.67. The molecule has 0 spiro atoms. The molecule has 4 unspecified atom stereocenters. The number of nitrogens with two attached hydrogens (primary N) is 1. The second-order valence-electron chi connectivity index (χ2n) is 9.86. The van der Waals surface area contributed by atoms with Gasteiger partial charge in [-0.25, -0.2) is 4.98 Å². The predicted octanol–water partition coefficient (Wildman–Crippen LogP) is 4.54. The largest absolute Gasteiger partial charge is 0.382 e. The van der Waals surface area contributed by atoms with E-state index in [4.69, 9.17) is 11.1 Å². The van der Waals surface area contributed by atoms with Crippen molar-refractivity contribution in [2.24, 2.45) is 11.7 Å². The highest BCUT2D eigenvalue weighted by atomic mass is 16.1. The number of carbonyl (C=O) groups excluding carboxylic acids is 1. The van der Waals surface area contributed by atoms with E-state index in [1.165, 1.54) is 43.2 Å². The molecule has 7 nitrogen and oxygen atoms in total. The van der Waals surface area contributed by atoms with Crippen LogP contribution in [0, 0.1) is 11.3 Å². The fourth-order valence-corrected chi connectivity index (χ4v) is 5.76. The number of H-pyrrole nitrogens is 1. The third-order valence-corrected chi connectivity index (χ3v) is 7.46. The number of aromatic nitrogens is 2. The Morgan fingerprint density at radius 1 is 1.30 bits per heavy atom. The maximum atomic E-state index is 12.9. The van der Waals surface area contributed by atoms with Gasteiger partial charge in [0, 0.05) is 36.2 Å². The molecule has 0 aliphatic carbocycles. The summed E-state index contributed by atoms with van der Waals surface area (Å²) in [5, 5.41) is 10.8. The number of fused-ring (bicyclic) bond motifs is 1. The van der Waals surface area contributed by atoms with Crippen molar-refractivity contribution in [3.63, 3.8) is 0 Å². The summed E-state index contributed by atoms with van der Waals surface area (Å²) in [6, 6.07) is 7.91. The normalized spacial score (nSPS) is 24.2. The molecule has 2 aromatic rings. The molecule has 1 amide bonds. The molecule has 1 aromatic carbocycles. The Bertz CT molecular complexity index is 988. The first-order valence-electron chi connectivity index (χ1n) is 12.5. The summed E-state index contributed by atoms with van der Waals surface area (Å²) in [6.07, 6.45) is 10.1. The van der Waals surface area contributed by atoms with Crippen LogP contribution in [0.2, 0.25) is 0 Å².